The predicted octanol–water partition coefficient (Wildman–Crippen LogP) is 2.85. The van der Waals surface area contributed by atoms with Gasteiger partial charge in [-0.3, -0.25) is 9.59 Å². The molecule has 0 aromatic heterocycles. The fourth-order valence-electron chi connectivity index (χ4n) is 2.57. The number of carboxylic acid groups (broad SMARTS) is 1. The van der Waals surface area contributed by atoms with Gasteiger partial charge in [0.1, 0.15) is 0 Å². The minimum atomic E-state index is -1.01. The van der Waals surface area contributed by atoms with E-state index in [4.69, 9.17) is 11.6 Å². The lowest BCUT2D eigenvalue weighted by molar-refractivity contribution is -0.148. The zero-order chi connectivity index (χ0) is 14.9. The van der Waals surface area contributed by atoms with Crippen LogP contribution in [0.25, 0.3) is 0 Å². The molecule has 0 spiro atoms. The number of rotatable bonds is 3. The second-order valence-corrected chi connectivity index (χ2v) is 5.65. The number of carbonyl (C=O) groups excluding carboxylic acids is 1. The highest BCUT2D eigenvalue weighted by Crippen LogP contribution is 2.38. The standard InChI is InChI=1S/C14H15ClFNO3/c1-14(13(19)20)7-3-6-10(14)17-12(18)8-4-2-5-9(15)11(8)16/h2,4-5,10H,3,6-7H2,1H3,(H,17,18)(H,19,20). The van der Waals surface area contributed by atoms with E-state index in [-0.39, 0.29) is 10.6 Å². The number of hydrogen-bond acceptors (Lipinski definition) is 2. The summed E-state index contributed by atoms with van der Waals surface area (Å²) in [4.78, 5) is 23.4. The Kier molecular flexibility index (Phi) is 3.99. The van der Waals surface area contributed by atoms with Gasteiger partial charge in [0.15, 0.2) is 5.82 Å². The molecule has 1 fully saturated rings. The Morgan fingerprint density at radius 1 is 1.50 bits per heavy atom. The van der Waals surface area contributed by atoms with E-state index < -0.39 is 29.2 Å². The first kappa shape index (κ1) is 14.8. The molecule has 0 radical (unpaired) electrons. The van der Waals surface area contributed by atoms with Crippen molar-refractivity contribution in [3.63, 3.8) is 0 Å². The summed E-state index contributed by atoms with van der Waals surface area (Å²) in [7, 11) is 0. The predicted molar refractivity (Wildman–Crippen MR) is 72.3 cm³/mol. The summed E-state index contributed by atoms with van der Waals surface area (Å²) in [6.45, 7) is 1.60. The monoisotopic (exact) mass is 299 g/mol. The first-order valence-corrected chi connectivity index (χ1v) is 6.72. The number of aliphatic carboxylic acids is 1. The SMILES string of the molecule is CC1(C(=O)O)CCCC1NC(=O)c1cccc(Cl)c1F. The Labute approximate surface area is 120 Å². The van der Waals surface area contributed by atoms with Crippen molar-refractivity contribution in [2.75, 3.05) is 0 Å². The van der Waals surface area contributed by atoms with Gasteiger partial charge in [0.2, 0.25) is 0 Å². The Balaban J connectivity index is 2.20. The molecule has 0 aliphatic heterocycles. The molecule has 6 heteroatoms. The van der Waals surface area contributed by atoms with Gasteiger partial charge >= 0.3 is 5.97 Å². The summed E-state index contributed by atoms with van der Waals surface area (Å²) < 4.78 is 13.8. The van der Waals surface area contributed by atoms with Crippen molar-refractivity contribution in [2.45, 2.75) is 32.2 Å². The van der Waals surface area contributed by atoms with Gasteiger partial charge in [0.25, 0.3) is 5.91 Å². The van der Waals surface area contributed by atoms with Gasteiger partial charge in [0, 0.05) is 6.04 Å². The summed E-state index contributed by atoms with van der Waals surface area (Å²) in [6.07, 6.45) is 1.77. The van der Waals surface area contributed by atoms with Gasteiger partial charge in [0.05, 0.1) is 16.0 Å². The molecule has 1 aromatic carbocycles. The van der Waals surface area contributed by atoms with Crippen molar-refractivity contribution in [3.8, 4) is 0 Å². The summed E-state index contributed by atoms with van der Waals surface area (Å²) in [5, 5.41) is 11.8. The summed E-state index contributed by atoms with van der Waals surface area (Å²) in [6, 6.07) is 3.64. The van der Waals surface area contributed by atoms with E-state index in [1.807, 2.05) is 0 Å². The first-order chi connectivity index (χ1) is 9.36. The maximum absolute atomic E-state index is 13.8. The van der Waals surface area contributed by atoms with Gasteiger partial charge in [-0.05, 0) is 31.9 Å². The number of hydrogen-bond donors (Lipinski definition) is 2. The van der Waals surface area contributed by atoms with Crippen molar-refractivity contribution in [3.05, 3.63) is 34.6 Å². The van der Waals surface area contributed by atoms with Crippen LogP contribution in [0.5, 0.6) is 0 Å². The van der Waals surface area contributed by atoms with Gasteiger partial charge in [-0.15, -0.1) is 0 Å². The molecule has 1 aliphatic carbocycles. The Morgan fingerprint density at radius 3 is 2.85 bits per heavy atom. The largest absolute Gasteiger partial charge is 0.481 e. The van der Waals surface area contributed by atoms with Gasteiger partial charge < -0.3 is 10.4 Å². The number of carboxylic acids is 1. The average Bonchev–Trinajstić information content (AvgIpc) is 2.75. The van der Waals surface area contributed by atoms with E-state index >= 15 is 0 Å². The molecule has 2 rings (SSSR count). The molecule has 1 aliphatic rings. The maximum atomic E-state index is 13.8. The molecule has 0 saturated heterocycles. The minimum Gasteiger partial charge on any atom is -0.481 e. The van der Waals surface area contributed by atoms with Crippen molar-refractivity contribution in [1.82, 2.24) is 5.32 Å². The minimum absolute atomic E-state index is 0.134. The van der Waals surface area contributed by atoms with Crippen LogP contribution in [0, 0.1) is 11.2 Å². The lowest BCUT2D eigenvalue weighted by Gasteiger charge is -2.27. The van der Waals surface area contributed by atoms with Crippen LogP contribution in [-0.4, -0.2) is 23.0 Å². The smallest absolute Gasteiger partial charge is 0.311 e. The first-order valence-electron chi connectivity index (χ1n) is 6.34. The average molecular weight is 300 g/mol. The lowest BCUT2D eigenvalue weighted by atomic mass is 9.85. The Hall–Kier alpha value is -1.62. The molecule has 4 nitrogen and oxygen atoms in total. The van der Waals surface area contributed by atoms with E-state index in [9.17, 15) is 19.1 Å². The third kappa shape index (κ3) is 2.50. The zero-order valence-electron chi connectivity index (χ0n) is 11.0. The molecule has 1 amide bonds. The van der Waals surface area contributed by atoms with Gasteiger partial charge in [-0.2, -0.15) is 0 Å². The zero-order valence-corrected chi connectivity index (χ0v) is 11.7. The van der Waals surface area contributed by atoms with Gasteiger partial charge in [-0.1, -0.05) is 24.1 Å². The van der Waals surface area contributed by atoms with E-state index in [2.05, 4.69) is 5.32 Å². The number of amides is 1. The van der Waals surface area contributed by atoms with Crippen LogP contribution in [0.15, 0.2) is 18.2 Å². The number of carbonyl (C=O) groups is 2. The van der Waals surface area contributed by atoms with Crippen LogP contribution >= 0.6 is 11.6 Å². The van der Waals surface area contributed by atoms with E-state index in [1.54, 1.807) is 6.92 Å². The van der Waals surface area contributed by atoms with Crippen molar-refractivity contribution in [1.29, 1.82) is 0 Å². The van der Waals surface area contributed by atoms with Crippen LogP contribution in [0.4, 0.5) is 4.39 Å². The normalized spacial score (nSPS) is 25.4. The topological polar surface area (TPSA) is 66.4 Å². The van der Waals surface area contributed by atoms with Crippen LogP contribution < -0.4 is 5.32 Å². The quantitative estimate of drug-likeness (QED) is 0.902. The molecular formula is C14H15ClFNO3. The molecular weight excluding hydrogens is 285 g/mol. The highest BCUT2D eigenvalue weighted by molar-refractivity contribution is 6.31. The van der Waals surface area contributed by atoms with Crippen molar-refractivity contribution < 1.29 is 19.1 Å². The van der Waals surface area contributed by atoms with Crippen LogP contribution in [-0.2, 0) is 4.79 Å². The molecule has 0 bridgehead atoms. The number of halogens is 2. The molecule has 108 valence electrons. The third-order valence-corrected chi connectivity index (χ3v) is 4.24. The van der Waals surface area contributed by atoms with E-state index in [1.165, 1.54) is 18.2 Å². The molecule has 2 N–H and O–H groups in total. The summed E-state index contributed by atoms with van der Waals surface area (Å²) >= 11 is 5.63. The highest BCUT2D eigenvalue weighted by atomic mass is 35.5. The van der Waals surface area contributed by atoms with E-state index in [0.29, 0.717) is 19.3 Å². The molecule has 1 aromatic rings. The maximum Gasteiger partial charge on any atom is 0.311 e. The van der Waals surface area contributed by atoms with Crippen LogP contribution in [0.3, 0.4) is 0 Å². The second kappa shape index (κ2) is 5.40. The summed E-state index contributed by atoms with van der Waals surface area (Å²) in [5.41, 5.74) is -1.18. The number of benzene rings is 1. The lowest BCUT2D eigenvalue weighted by Crippen LogP contribution is -2.47. The molecule has 0 heterocycles. The van der Waals surface area contributed by atoms with Crippen molar-refractivity contribution in [2.24, 2.45) is 5.41 Å². The van der Waals surface area contributed by atoms with E-state index in [0.717, 1.165) is 0 Å². The molecule has 2 atom stereocenters. The van der Waals surface area contributed by atoms with Crippen LogP contribution in [0.2, 0.25) is 5.02 Å². The summed E-state index contributed by atoms with van der Waals surface area (Å²) in [5.74, 6) is -2.38. The fourth-order valence-corrected chi connectivity index (χ4v) is 2.74. The van der Waals surface area contributed by atoms with Crippen molar-refractivity contribution >= 4 is 23.5 Å². The Bertz CT molecular complexity index is 563. The highest BCUT2D eigenvalue weighted by Gasteiger charge is 2.46. The van der Waals surface area contributed by atoms with Crippen LogP contribution in [0.1, 0.15) is 36.5 Å². The number of nitrogens with one attached hydrogen (secondary N) is 1. The molecule has 1 saturated carbocycles. The third-order valence-electron chi connectivity index (χ3n) is 3.95. The Morgan fingerprint density at radius 2 is 2.20 bits per heavy atom. The molecule has 2 unspecified atom stereocenters. The van der Waals surface area contributed by atoms with Gasteiger partial charge in [-0.25, -0.2) is 4.39 Å². The molecule has 20 heavy (non-hydrogen) atoms. The second-order valence-electron chi connectivity index (χ2n) is 5.24. The fraction of sp³-hybridized carbons (Fsp3) is 0.429.